The molecular weight excluding hydrogens is 478 g/mol. The molecule has 1 heterocycles. The van der Waals surface area contributed by atoms with Crippen LogP contribution >= 0.6 is 0 Å². The van der Waals surface area contributed by atoms with Crippen molar-refractivity contribution >= 4 is 15.9 Å². The largest absolute Gasteiger partial charge is 0.487 e. The summed E-state index contributed by atoms with van der Waals surface area (Å²) in [6.07, 6.45) is 5.38. The molecule has 0 radical (unpaired) electrons. The third kappa shape index (κ3) is 7.00. The van der Waals surface area contributed by atoms with Gasteiger partial charge in [0.25, 0.3) is 0 Å². The third-order valence-electron chi connectivity index (χ3n) is 7.10. The summed E-state index contributed by atoms with van der Waals surface area (Å²) in [4.78, 5) is 16.1. The summed E-state index contributed by atoms with van der Waals surface area (Å²) in [6.45, 7) is 4.07. The van der Waals surface area contributed by atoms with Crippen molar-refractivity contribution in [2.75, 3.05) is 47.4 Å². The SMILES string of the molecule is C[C@@H]1CN([C@@H](C)CO)S(=O)(=O)c2ccc(C#CCC3CCCC3)cc2O[C@H]1CN(C)C(=O)CN(C)C. The van der Waals surface area contributed by atoms with Crippen molar-refractivity contribution in [2.24, 2.45) is 11.8 Å². The zero-order valence-corrected chi connectivity index (χ0v) is 23.1. The Labute approximate surface area is 216 Å². The molecule has 0 aromatic heterocycles. The molecule has 0 saturated heterocycles. The monoisotopic (exact) mass is 519 g/mol. The minimum atomic E-state index is -3.91. The molecular formula is C27H41N3O5S. The third-order valence-corrected chi connectivity index (χ3v) is 9.12. The number of amides is 1. The van der Waals surface area contributed by atoms with Gasteiger partial charge in [0.15, 0.2) is 0 Å². The van der Waals surface area contributed by atoms with Crippen LogP contribution in [0.15, 0.2) is 23.1 Å². The first kappa shape index (κ1) is 28.5. The minimum Gasteiger partial charge on any atom is -0.487 e. The van der Waals surface area contributed by atoms with E-state index in [1.165, 1.54) is 30.0 Å². The van der Waals surface area contributed by atoms with Crippen LogP contribution < -0.4 is 4.74 Å². The van der Waals surface area contributed by atoms with Gasteiger partial charge in [-0.1, -0.05) is 31.6 Å². The molecule has 0 spiro atoms. The van der Waals surface area contributed by atoms with Crippen molar-refractivity contribution in [1.82, 2.24) is 14.1 Å². The number of aliphatic hydroxyl groups excluding tert-OH is 1. The van der Waals surface area contributed by atoms with Crippen LogP contribution in [-0.4, -0.2) is 93.1 Å². The Kier molecular flexibility index (Phi) is 9.81. The number of hydrogen-bond acceptors (Lipinski definition) is 6. The molecule has 1 N–H and O–H groups in total. The summed E-state index contributed by atoms with van der Waals surface area (Å²) >= 11 is 0. The highest BCUT2D eigenvalue weighted by Gasteiger charge is 2.38. The Morgan fingerprint density at radius 2 is 1.94 bits per heavy atom. The Morgan fingerprint density at radius 1 is 1.25 bits per heavy atom. The first-order valence-electron chi connectivity index (χ1n) is 12.8. The molecule has 1 fully saturated rings. The van der Waals surface area contributed by atoms with Gasteiger partial charge in [-0.3, -0.25) is 4.79 Å². The fourth-order valence-corrected chi connectivity index (χ4v) is 6.62. The minimum absolute atomic E-state index is 0.0437. The molecule has 1 aliphatic carbocycles. The van der Waals surface area contributed by atoms with Crippen molar-refractivity contribution < 1.29 is 23.1 Å². The lowest BCUT2D eigenvalue weighted by molar-refractivity contribution is -0.132. The highest BCUT2D eigenvalue weighted by Crippen LogP contribution is 2.34. The molecule has 2 aliphatic rings. The van der Waals surface area contributed by atoms with E-state index in [2.05, 4.69) is 11.8 Å². The number of carbonyl (C=O) groups excluding carboxylic acids is 1. The van der Waals surface area contributed by atoms with Crippen LogP contribution in [0.4, 0.5) is 0 Å². The van der Waals surface area contributed by atoms with Gasteiger partial charge in [-0.15, -0.1) is 0 Å². The van der Waals surface area contributed by atoms with E-state index in [0.717, 1.165) is 6.42 Å². The lowest BCUT2D eigenvalue weighted by Gasteiger charge is -2.37. The van der Waals surface area contributed by atoms with E-state index in [9.17, 15) is 18.3 Å². The van der Waals surface area contributed by atoms with E-state index in [1.807, 2.05) is 25.9 Å². The number of benzene rings is 1. The fraction of sp³-hybridized carbons (Fsp3) is 0.667. The second kappa shape index (κ2) is 12.4. The molecule has 8 nitrogen and oxygen atoms in total. The molecule has 0 bridgehead atoms. The number of carbonyl (C=O) groups is 1. The Bertz CT molecular complexity index is 1070. The average molecular weight is 520 g/mol. The Morgan fingerprint density at radius 3 is 2.58 bits per heavy atom. The predicted molar refractivity (Wildman–Crippen MR) is 140 cm³/mol. The second-order valence-corrected chi connectivity index (χ2v) is 12.4. The number of fused-ring (bicyclic) bond motifs is 1. The quantitative estimate of drug-likeness (QED) is 0.557. The Balaban J connectivity index is 1.95. The molecule has 200 valence electrons. The van der Waals surface area contributed by atoms with Crippen LogP contribution in [0.2, 0.25) is 0 Å². The van der Waals surface area contributed by atoms with Crippen molar-refractivity contribution in [3.05, 3.63) is 23.8 Å². The number of rotatable bonds is 7. The van der Waals surface area contributed by atoms with Crippen LogP contribution in [0, 0.1) is 23.7 Å². The molecule has 1 amide bonds. The number of hydrogen-bond donors (Lipinski definition) is 1. The van der Waals surface area contributed by atoms with Gasteiger partial charge in [-0.2, -0.15) is 4.31 Å². The summed E-state index contributed by atoms with van der Waals surface area (Å²) in [6, 6.07) is 4.37. The van der Waals surface area contributed by atoms with Gasteiger partial charge in [0.1, 0.15) is 16.7 Å². The van der Waals surface area contributed by atoms with E-state index >= 15 is 0 Å². The standard InChI is InChI=1S/C27H41N3O5S/c1-20-16-30(21(2)19-31)36(33,34)26-14-13-23(12-8-11-22-9-6-7-10-22)15-24(26)35-25(20)17-29(5)27(32)18-28(3)4/h13-15,20-22,25,31H,6-7,9-11,16-19H2,1-5H3/t20-,21+,25+/m1/s1. The van der Waals surface area contributed by atoms with Crippen molar-refractivity contribution in [3.8, 4) is 17.6 Å². The molecule has 1 aliphatic heterocycles. The van der Waals surface area contributed by atoms with E-state index < -0.39 is 22.2 Å². The second-order valence-electron chi connectivity index (χ2n) is 10.6. The summed E-state index contributed by atoms with van der Waals surface area (Å²) < 4.78 is 34.9. The van der Waals surface area contributed by atoms with Crippen LogP contribution in [0.5, 0.6) is 5.75 Å². The molecule has 1 aromatic rings. The van der Waals surface area contributed by atoms with Gasteiger partial charge in [-0.05, 0) is 58.0 Å². The summed E-state index contributed by atoms with van der Waals surface area (Å²) in [5, 5.41) is 9.80. The van der Waals surface area contributed by atoms with Crippen LogP contribution in [-0.2, 0) is 14.8 Å². The van der Waals surface area contributed by atoms with Gasteiger partial charge in [0.05, 0.1) is 19.7 Å². The first-order chi connectivity index (χ1) is 17.0. The van der Waals surface area contributed by atoms with E-state index in [-0.39, 0.29) is 42.2 Å². The smallest absolute Gasteiger partial charge is 0.247 e. The topological polar surface area (TPSA) is 90.4 Å². The number of nitrogens with zero attached hydrogens (tertiary/aromatic N) is 3. The Hall–Kier alpha value is -2.12. The van der Waals surface area contributed by atoms with Crippen molar-refractivity contribution in [1.29, 1.82) is 0 Å². The number of likely N-dealkylation sites (N-methyl/N-ethyl adjacent to an activating group) is 2. The van der Waals surface area contributed by atoms with Gasteiger partial charge in [-0.25, -0.2) is 8.42 Å². The van der Waals surface area contributed by atoms with Crippen LogP contribution in [0.1, 0.15) is 51.5 Å². The van der Waals surface area contributed by atoms with Gasteiger partial charge in [0.2, 0.25) is 15.9 Å². The fourth-order valence-electron chi connectivity index (χ4n) is 4.80. The van der Waals surface area contributed by atoms with Crippen LogP contribution in [0.3, 0.4) is 0 Å². The highest BCUT2D eigenvalue weighted by atomic mass is 32.2. The van der Waals surface area contributed by atoms with E-state index in [4.69, 9.17) is 4.74 Å². The summed E-state index contributed by atoms with van der Waals surface area (Å²) in [5.74, 6) is 7.07. The van der Waals surface area contributed by atoms with Crippen LogP contribution in [0.25, 0.3) is 0 Å². The van der Waals surface area contributed by atoms with Crippen molar-refractivity contribution in [2.45, 2.75) is 63.0 Å². The number of sulfonamides is 1. The lowest BCUT2D eigenvalue weighted by atomic mass is 10.0. The van der Waals surface area contributed by atoms with Gasteiger partial charge in [0, 0.05) is 37.5 Å². The zero-order valence-electron chi connectivity index (χ0n) is 22.2. The average Bonchev–Trinajstić information content (AvgIpc) is 3.33. The molecule has 36 heavy (non-hydrogen) atoms. The predicted octanol–water partition coefficient (Wildman–Crippen LogP) is 2.41. The number of ether oxygens (including phenoxy) is 1. The molecule has 9 heteroatoms. The van der Waals surface area contributed by atoms with Crippen molar-refractivity contribution in [3.63, 3.8) is 0 Å². The maximum Gasteiger partial charge on any atom is 0.247 e. The van der Waals surface area contributed by atoms with Gasteiger partial charge >= 0.3 is 0 Å². The van der Waals surface area contributed by atoms with Gasteiger partial charge < -0.3 is 19.6 Å². The lowest BCUT2D eigenvalue weighted by Crippen LogP contribution is -2.50. The summed E-state index contributed by atoms with van der Waals surface area (Å²) in [7, 11) is 1.50. The maximum atomic E-state index is 13.6. The highest BCUT2D eigenvalue weighted by molar-refractivity contribution is 7.89. The maximum absolute atomic E-state index is 13.6. The zero-order chi connectivity index (χ0) is 26.5. The molecule has 0 unspecified atom stereocenters. The van der Waals surface area contributed by atoms with E-state index in [0.29, 0.717) is 18.0 Å². The number of aliphatic hydroxyl groups is 1. The summed E-state index contributed by atoms with van der Waals surface area (Å²) in [5.41, 5.74) is 0.702. The molecule has 1 saturated carbocycles. The first-order valence-corrected chi connectivity index (χ1v) is 14.3. The molecule has 3 atom stereocenters. The normalized spacial score (nSPS) is 23.1. The molecule has 1 aromatic carbocycles. The molecule has 3 rings (SSSR count). The van der Waals surface area contributed by atoms with E-state index in [1.54, 1.807) is 37.1 Å².